The Morgan fingerprint density at radius 1 is 0.547 bits per heavy atom. The maximum Gasteiger partial charge on any atom is 0.472 e. The van der Waals surface area contributed by atoms with Gasteiger partial charge < -0.3 is 20.1 Å². The van der Waals surface area contributed by atoms with Gasteiger partial charge in [0.15, 0.2) is 6.10 Å². The fourth-order valence-electron chi connectivity index (χ4n) is 6.02. The minimum absolute atomic E-state index is 0.0530. The van der Waals surface area contributed by atoms with Gasteiger partial charge in [-0.25, -0.2) is 4.57 Å². The molecular formula is C43H82NO8P. The molecule has 0 saturated carbocycles. The second-order valence-corrected chi connectivity index (χ2v) is 16.0. The summed E-state index contributed by atoms with van der Waals surface area (Å²) in [6.07, 6.45) is 42.2. The quantitative estimate of drug-likeness (QED) is 0.0269. The van der Waals surface area contributed by atoms with E-state index in [-0.39, 0.29) is 38.6 Å². The molecule has 0 heterocycles. The van der Waals surface area contributed by atoms with Crippen molar-refractivity contribution in [2.24, 2.45) is 5.73 Å². The summed E-state index contributed by atoms with van der Waals surface area (Å²) in [5, 5.41) is 0. The average molecular weight is 772 g/mol. The topological polar surface area (TPSA) is 134 Å². The van der Waals surface area contributed by atoms with Gasteiger partial charge in [0, 0.05) is 19.4 Å². The number of unbranched alkanes of at least 4 members (excludes halogenated alkanes) is 24. The summed E-state index contributed by atoms with van der Waals surface area (Å²) in [5.41, 5.74) is 5.34. The number of hydrogen-bond acceptors (Lipinski definition) is 8. The number of phosphoric ester groups is 1. The number of nitrogens with two attached hydrogens (primary N) is 1. The van der Waals surface area contributed by atoms with E-state index in [0.717, 1.165) is 57.8 Å². The minimum Gasteiger partial charge on any atom is -0.462 e. The van der Waals surface area contributed by atoms with Crippen LogP contribution >= 0.6 is 7.82 Å². The van der Waals surface area contributed by atoms with Crippen molar-refractivity contribution in [1.82, 2.24) is 0 Å². The number of phosphoric acid groups is 1. The SMILES string of the molecule is CCCC/C=C\CCCCCCCC(=O)O[C@H](COC(=O)CCCCCCCCCCCCC/C=C\CCCCCCCC)COP(=O)(O)OCCN. The molecule has 0 amide bonds. The molecule has 0 aliphatic rings. The van der Waals surface area contributed by atoms with Gasteiger partial charge in [0.1, 0.15) is 6.61 Å². The van der Waals surface area contributed by atoms with E-state index in [2.05, 4.69) is 38.2 Å². The van der Waals surface area contributed by atoms with Crippen LogP contribution < -0.4 is 5.73 Å². The molecule has 9 nitrogen and oxygen atoms in total. The zero-order valence-corrected chi connectivity index (χ0v) is 35.2. The molecule has 3 N–H and O–H groups in total. The number of carbonyl (C=O) groups is 2. The third-order valence-corrected chi connectivity index (χ3v) is 10.3. The van der Waals surface area contributed by atoms with Crippen molar-refractivity contribution in [1.29, 1.82) is 0 Å². The highest BCUT2D eigenvalue weighted by atomic mass is 31.2. The second kappa shape index (κ2) is 40.2. The molecule has 1 unspecified atom stereocenters. The molecule has 2 atom stereocenters. The summed E-state index contributed by atoms with van der Waals surface area (Å²) in [4.78, 5) is 34.8. The van der Waals surface area contributed by atoms with Crippen molar-refractivity contribution in [3.8, 4) is 0 Å². The zero-order valence-electron chi connectivity index (χ0n) is 34.3. The number of ether oxygens (including phenoxy) is 2. The van der Waals surface area contributed by atoms with Gasteiger partial charge in [-0.3, -0.25) is 18.6 Å². The third kappa shape index (κ3) is 40.0. The molecule has 0 fully saturated rings. The Balaban J connectivity index is 4.05. The fraction of sp³-hybridized carbons (Fsp3) is 0.860. The van der Waals surface area contributed by atoms with E-state index in [9.17, 15) is 19.0 Å². The van der Waals surface area contributed by atoms with E-state index in [0.29, 0.717) is 6.42 Å². The molecule has 0 aromatic rings. The number of carbonyl (C=O) groups excluding carboxylic acids is 2. The van der Waals surface area contributed by atoms with Crippen LogP contribution in [0.15, 0.2) is 24.3 Å². The Kier molecular flexibility index (Phi) is 39.0. The summed E-state index contributed by atoms with van der Waals surface area (Å²) in [5.74, 6) is -0.836. The standard InChI is InChI=1S/C43H82NO8P/c1-3-5-7-9-11-13-15-16-17-18-19-20-21-22-23-24-26-27-29-31-33-35-42(45)49-39-41(40-51-53(47,48)50-38-37-44)52-43(46)36-34-32-30-28-25-14-12-10-8-6-4-2/h10,12,16-17,41H,3-9,11,13-15,18-40,44H2,1-2H3,(H,47,48)/b12-10-,17-16-/t41-/m1/s1. The van der Waals surface area contributed by atoms with Crippen LogP contribution in [0, 0.1) is 0 Å². The van der Waals surface area contributed by atoms with Crippen LogP contribution in [-0.4, -0.2) is 49.3 Å². The predicted octanol–water partition coefficient (Wildman–Crippen LogP) is 12.4. The first-order chi connectivity index (χ1) is 25.8. The van der Waals surface area contributed by atoms with Crippen molar-refractivity contribution in [3.05, 3.63) is 24.3 Å². The largest absolute Gasteiger partial charge is 0.472 e. The lowest BCUT2D eigenvalue weighted by atomic mass is 10.0. The number of hydrogen-bond donors (Lipinski definition) is 2. The van der Waals surface area contributed by atoms with Crippen LogP contribution in [0.25, 0.3) is 0 Å². The van der Waals surface area contributed by atoms with Gasteiger partial charge in [0.05, 0.1) is 13.2 Å². The summed E-state index contributed by atoms with van der Waals surface area (Å²) >= 11 is 0. The van der Waals surface area contributed by atoms with Crippen LogP contribution in [0.4, 0.5) is 0 Å². The Morgan fingerprint density at radius 3 is 1.40 bits per heavy atom. The smallest absolute Gasteiger partial charge is 0.462 e. The number of rotatable bonds is 41. The molecule has 53 heavy (non-hydrogen) atoms. The molecule has 0 bridgehead atoms. The molecule has 312 valence electrons. The molecule has 0 saturated heterocycles. The Morgan fingerprint density at radius 2 is 0.943 bits per heavy atom. The maximum atomic E-state index is 12.5. The lowest BCUT2D eigenvalue weighted by molar-refractivity contribution is -0.161. The van der Waals surface area contributed by atoms with Crippen molar-refractivity contribution in [3.63, 3.8) is 0 Å². The first-order valence-corrected chi connectivity index (χ1v) is 23.3. The lowest BCUT2D eigenvalue weighted by Gasteiger charge is -2.19. The Hall–Kier alpha value is -1.51. The average Bonchev–Trinajstić information content (AvgIpc) is 3.14. The van der Waals surface area contributed by atoms with E-state index >= 15 is 0 Å². The van der Waals surface area contributed by atoms with E-state index < -0.39 is 26.5 Å². The third-order valence-electron chi connectivity index (χ3n) is 9.31. The zero-order chi connectivity index (χ0) is 38.9. The fourth-order valence-corrected chi connectivity index (χ4v) is 6.79. The molecule has 0 radical (unpaired) electrons. The monoisotopic (exact) mass is 772 g/mol. The second-order valence-electron chi connectivity index (χ2n) is 14.6. The van der Waals surface area contributed by atoms with Crippen molar-refractivity contribution in [2.45, 2.75) is 213 Å². The van der Waals surface area contributed by atoms with E-state index in [1.54, 1.807) is 0 Å². The summed E-state index contributed by atoms with van der Waals surface area (Å²) in [6.45, 7) is 3.69. The first-order valence-electron chi connectivity index (χ1n) is 21.8. The molecule has 0 spiro atoms. The van der Waals surface area contributed by atoms with Crippen LogP contribution in [0.1, 0.15) is 206 Å². The van der Waals surface area contributed by atoms with E-state index in [1.807, 2.05) is 0 Å². The summed E-state index contributed by atoms with van der Waals surface area (Å²) in [6, 6.07) is 0. The molecule has 0 aliphatic carbocycles. The Bertz CT molecular complexity index is 928. The summed E-state index contributed by atoms with van der Waals surface area (Å²) in [7, 11) is -4.37. The van der Waals surface area contributed by atoms with Gasteiger partial charge in [-0.1, -0.05) is 160 Å². The molecular weight excluding hydrogens is 689 g/mol. The van der Waals surface area contributed by atoms with Crippen LogP contribution in [0.2, 0.25) is 0 Å². The van der Waals surface area contributed by atoms with Gasteiger partial charge in [-0.2, -0.15) is 0 Å². The molecule has 0 aromatic carbocycles. The highest BCUT2D eigenvalue weighted by Crippen LogP contribution is 2.43. The van der Waals surface area contributed by atoms with E-state index in [1.165, 1.54) is 116 Å². The molecule has 0 aromatic heterocycles. The number of allylic oxidation sites excluding steroid dienone is 4. The maximum absolute atomic E-state index is 12.5. The highest BCUT2D eigenvalue weighted by molar-refractivity contribution is 7.47. The van der Waals surface area contributed by atoms with Gasteiger partial charge in [-0.15, -0.1) is 0 Å². The molecule has 0 rings (SSSR count). The van der Waals surface area contributed by atoms with Crippen molar-refractivity contribution >= 4 is 19.8 Å². The normalized spacial score (nSPS) is 13.5. The van der Waals surface area contributed by atoms with Gasteiger partial charge in [0.2, 0.25) is 0 Å². The van der Waals surface area contributed by atoms with Gasteiger partial charge in [0.25, 0.3) is 0 Å². The number of esters is 2. The van der Waals surface area contributed by atoms with Crippen molar-refractivity contribution < 1.29 is 37.6 Å². The molecule has 0 aliphatic heterocycles. The predicted molar refractivity (Wildman–Crippen MR) is 220 cm³/mol. The first kappa shape index (κ1) is 51.5. The Labute approximate surface area is 325 Å². The molecule has 10 heteroatoms. The highest BCUT2D eigenvalue weighted by Gasteiger charge is 2.26. The minimum atomic E-state index is -4.37. The van der Waals surface area contributed by atoms with Crippen LogP contribution in [-0.2, 0) is 32.7 Å². The van der Waals surface area contributed by atoms with Crippen LogP contribution in [0.5, 0.6) is 0 Å². The van der Waals surface area contributed by atoms with Gasteiger partial charge >= 0.3 is 19.8 Å². The lowest BCUT2D eigenvalue weighted by Crippen LogP contribution is -2.29. The van der Waals surface area contributed by atoms with Gasteiger partial charge in [-0.05, 0) is 57.8 Å². The van der Waals surface area contributed by atoms with Crippen LogP contribution in [0.3, 0.4) is 0 Å². The summed E-state index contributed by atoms with van der Waals surface area (Å²) < 4.78 is 32.7. The van der Waals surface area contributed by atoms with Crippen molar-refractivity contribution in [2.75, 3.05) is 26.4 Å². The van der Waals surface area contributed by atoms with E-state index in [4.69, 9.17) is 24.3 Å².